The zero-order valence-electron chi connectivity index (χ0n) is 12.9. The normalized spacial score (nSPS) is 18.6. The maximum absolute atomic E-state index is 5.66. The standard InChI is InChI=1S/C16H24O5/c1-13-9-14-11-20-7-5-18-3-4-19-6-8-21-12-15(10-13)16(14)17-2/h9-10H,3-8,11-12H2,1-2H3. The Bertz CT molecular complexity index is 398. The summed E-state index contributed by atoms with van der Waals surface area (Å²) in [5, 5.41) is 0. The van der Waals surface area contributed by atoms with Crippen LogP contribution in [0.3, 0.4) is 0 Å². The lowest BCUT2D eigenvalue weighted by Crippen LogP contribution is -2.11. The average molecular weight is 296 g/mol. The molecule has 0 aromatic heterocycles. The molecule has 0 saturated carbocycles. The third-order valence-corrected chi connectivity index (χ3v) is 3.22. The molecule has 0 radical (unpaired) electrons. The Kier molecular flexibility index (Phi) is 6.95. The van der Waals surface area contributed by atoms with Crippen molar-refractivity contribution in [1.29, 1.82) is 0 Å². The number of hydrogen-bond acceptors (Lipinski definition) is 5. The molecule has 1 aromatic carbocycles. The SMILES string of the molecule is COc1c2cc(C)cc1COCCOCCOCCOC2. The Labute approximate surface area is 126 Å². The van der Waals surface area contributed by atoms with Crippen LogP contribution >= 0.6 is 0 Å². The van der Waals surface area contributed by atoms with Crippen molar-refractivity contribution in [2.24, 2.45) is 0 Å². The van der Waals surface area contributed by atoms with E-state index < -0.39 is 0 Å². The smallest absolute Gasteiger partial charge is 0.129 e. The van der Waals surface area contributed by atoms with E-state index >= 15 is 0 Å². The zero-order valence-corrected chi connectivity index (χ0v) is 12.9. The molecule has 0 spiro atoms. The molecule has 118 valence electrons. The minimum absolute atomic E-state index is 0.512. The van der Waals surface area contributed by atoms with E-state index in [1.807, 2.05) is 0 Å². The predicted octanol–water partition coefficient (Wildman–Crippen LogP) is 2.08. The van der Waals surface area contributed by atoms with Gasteiger partial charge >= 0.3 is 0 Å². The monoisotopic (exact) mass is 296 g/mol. The summed E-state index contributed by atoms with van der Waals surface area (Å²) in [6, 6.07) is 4.18. The van der Waals surface area contributed by atoms with Crippen molar-refractivity contribution in [1.82, 2.24) is 0 Å². The van der Waals surface area contributed by atoms with Gasteiger partial charge in [0.25, 0.3) is 0 Å². The minimum Gasteiger partial charge on any atom is -0.496 e. The summed E-state index contributed by atoms with van der Waals surface area (Å²) in [5.41, 5.74) is 3.26. The molecule has 0 N–H and O–H groups in total. The van der Waals surface area contributed by atoms with Gasteiger partial charge < -0.3 is 23.7 Å². The van der Waals surface area contributed by atoms with Crippen LogP contribution in [0.25, 0.3) is 0 Å². The quantitative estimate of drug-likeness (QED) is 0.794. The van der Waals surface area contributed by atoms with Crippen molar-refractivity contribution in [3.05, 3.63) is 28.8 Å². The first-order chi connectivity index (χ1) is 10.3. The van der Waals surface area contributed by atoms with Crippen molar-refractivity contribution in [3.8, 4) is 5.75 Å². The van der Waals surface area contributed by atoms with Crippen molar-refractivity contribution in [2.75, 3.05) is 46.8 Å². The molecule has 2 bridgehead atoms. The van der Waals surface area contributed by atoms with Crippen LogP contribution in [0.1, 0.15) is 16.7 Å². The molecule has 0 unspecified atom stereocenters. The molecule has 21 heavy (non-hydrogen) atoms. The Morgan fingerprint density at radius 2 is 1.19 bits per heavy atom. The van der Waals surface area contributed by atoms with E-state index in [-0.39, 0.29) is 0 Å². The van der Waals surface area contributed by atoms with Crippen LogP contribution < -0.4 is 4.74 Å². The van der Waals surface area contributed by atoms with Gasteiger partial charge in [-0.1, -0.05) is 17.7 Å². The molecule has 1 heterocycles. The topological polar surface area (TPSA) is 46.2 Å². The van der Waals surface area contributed by atoms with Gasteiger partial charge in [0.1, 0.15) is 5.75 Å². The predicted molar refractivity (Wildman–Crippen MR) is 78.7 cm³/mol. The second kappa shape index (κ2) is 9.00. The minimum atomic E-state index is 0.512. The molecule has 1 aromatic rings. The van der Waals surface area contributed by atoms with Gasteiger partial charge in [-0.2, -0.15) is 0 Å². The van der Waals surface area contributed by atoms with Crippen LogP contribution in [-0.4, -0.2) is 46.8 Å². The Morgan fingerprint density at radius 3 is 1.62 bits per heavy atom. The van der Waals surface area contributed by atoms with E-state index in [2.05, 4.69) is 19.1 Å². The van der Waals surface area contributed by atoms with Gasteiger partial charge in [-0.05, 0) is 6.92 Å². The lowest BCUT2D eigenvalue weighted by atomic mass is 10.1. The molecule has 0 atom stereocenters. The summed E-state index contributed by atoms with van der Waals surface area (Å²) < 4.78 is 27.7. The largest absolute Gasteiger partial charge is 0.496 e. The first-order valence-electron chi connectivity index (χ1n) is 7.28. The van der Waals surface area contributed by atoms with Crippen LogP contribution in [-0.2, 0) is 32.2 Å². The molecule has 2 rings (SSSR count). The van der Waals surface area contributed by atoms with Gasteiger partial charge in [-0.25, -0.2) is 0 Å². The van der Waals surface area contributed by atoms with E-state index in [1.54, 1.807) is 7.11 Å². The molecule has 1 aliphatic rings. The Hall–Kier alpha value is -1.14. The van der Waals surface area contributed by atoms with Gasteiger partial charge in [0, 0.05) is 11.1 Å². The lowest BCUT2D eigenvalue weighted by molar-refractivity contribution is -0.00523. The molecule has 0 amide bonds. The average Bonchev–Trinajstić information content (AvgIpc) is 2.47. The molecule has 0 saturated heterocycles. The molecule has 0 fully saturated rings. The highest BCUT2D eigenvalue weighted by atomic mass is 16.6. The molecule has 5 heteroatoms. The van der Waals surface area contributed by atoms with Gasteiger partial charge in [-0.15, -0.1) is 0 Å². The zero-order chi connectivity index (χ0) is 14.9. The maximum atomic E-state index is 5.66. The second-order valence-electron chi connectivity index (χ2n) is 4.95. The van der Waals surface area contributed by atoms with Crippen molar-refractivity contribution < 1.29 is 23.7 Å². The summed E-state index contributed by atoms with van der Waals surface area (Å²) in [5.74, 6) is 0.845. The number of aryl methyl sites for hydroxylation is 1. The first kappa shape index (κ1) is 16.2. The van der Waals surface area contributed by atoms with Crippen LogP contribution in [0, 0.1) is 6.92 Å². The van der Waals surface area contributed by atoms with E-state index in [0.717, 1.165) is 16.9 Å². The summed E-state index contributed by atoms with van der Waals surface area (Å²) in [6.45, 7) is 6.51. The Morgan fingerprint density at radius 1 is 0.762 bits per heavy atom. The second-order valence-corrected chi connectivity index (χ2v) is 4.95. The number of ether oxygens (including phenoxy) is 5. The number of methoxy groups -OCH3 is 1. The van der Waals surface area contributed by atoms with Crippen molar-refractivity contribution in [2.45, 2.75) is 20.1 Å². The van der Waals surface area contributed by atoms with Crippen LogP contribution in [0.5, 0.6) is 5.75 Å². The summed E-state index contributed by atoms with van der Waals surface area (Å²) in [7, 11) is 1.68. The van der Waals surface area contributed by atoms with E-state index in [1.165, 1.54) is 5.56 Å². The van der Waals surface area contributed by atoms with E-state index in [9.17, 15) is 0 Å². The number of hydrogen-bond donors (Lipinski definition) is 0. The van der Waals surface area contributed by atoms with Crippen molar-refractivity contribution in [3.63, 3.8) is 0 Å². The number of rotatable bonds is 1. The summed E-state index contributed by atoms with van der Waals surface area (Å²) in [6.07, 6.45) is 0. The van der Waals surface area contributed by atoms with E-state index in [0.29, 0.717) is 52.9 Å². The van der Waals surface area contributed by atoms with Gasteiger partial charge in [-0.3, -0.25) is 0 Å². The fourth-order valence-electron chi connectivity index (χ4n) is 2.33. The highest BCUT2D eigenvalue weighted by molar-refractivity contribution is 5.44. The van der Waals surface area contributed by atoms with Gasteiger partial charge in [0.2, 0.25) is 0 Å². The fraction of sp³-hybridized carbons (Fsp3) is 0.625. The number of benzene rings is 1. The third kappa shape index (κ3) is 5.28. The molecule has 1 aliphatic heterocycles. The first-order valence-corrected chi connectivity index (χ1v) is 7.28. The van der Waals surface area contributed by atoms with E-state index in [4.69, 9.17) is 23.7 Å². The number of fused-ring (bicyclic) bond motifs is 2. The van der Waals surface area contributed by atoms with Gasteiger partial charge in [0.15, 0.2) is 0 Å². The van der Waals surface area contributed by atoms with Gasteiger partial charge in [0.05, 0.1) is 60.0 Å². The fourth-order valence-corrected chi connectivity index (χ4v) is 2.33. The Balaban J connectivity index is 2.10. The third-order valence-electron chi connectivity index (χ3n) is 3.22. The maximum Gasteiger partial charge on any atom is 0.129 e. The van der Waals surface area contributed by atoms with Crippen molar-refractivity contribution >= 4 is 0 Å². The summed E-state index contributed by atoms with van der Waals surface area (Å²) >= 11 is 0. The van der Waals surface area contributed by atoms with Crippen LogP contribution in [0.4, 0.5) is 0 Å². The van der Waals surface area contributed by atoms with Crippen LogP contribution in [0.15, 0.2) is 12.1 Å². The highest BCUT2D eigenvalue weighted by Crippen LogP contribution is 2.27. The molecular formula is C16H24O5. The molecule has 5 nitrogen and oxygen atoms in total. The lowest BCUT2D eigenvalue weighted by Gasteiger charge is -2.15. The molecular weight excluding hydrogens is 272 g/mol. The molecule has 0 aliphatic carbocycles. The van der Waals surface area contributed by atoms with Crippen LogP contribution in [0.2, 0.25) is 0 Å². The highest BCUT2D eigenvalue weighted by Gasteiger charge is 2.11. The summed E-state index contributed by atoms with van der Waals surface area (Å²) in [4.78, 5) is 0.